The van der Waals surface area contributed by atoms with Gasteiger partial charge in [0, 0.05) is 42.5 Å². The first-order valence-electron chi connectivity index (χ1n) is 9.90. The number of carbonyl (C=O) groups excluding carboxylic acids is 1. The van der Waals surface area contributed by atoms with Gasteiger partial charge in [0.25, 0.3) is 5.91 Å². The van der Waals surface area contributed by atoms with Crippen molar-refractivity contribution in [2.45, 2.75) is 25.1 Å². The van der Waals surface area contributed by atoms with Crippen LogP contribution in [0.3, 0.4) is 0 Å². The summed E-state index contributed by atoms with van der Waals surface area (Å²) in [6.07, 6.45) is 1.11. The number of aromatic nitrogens is 2. The Bertz CT molecular complexity index is 1140. The number of hydrogen-bond acceptors (Lipinski definition) is 5. The molecule has 1 fully saturated rings. The second-order valence-corrected chi connectivity index (χ2v) is 7.90. The molecule has 0 spiro atoms. The molecule has 1 aromatic heterocycles. The number of amides is 1. The molecular formula is C21H19ClF2N4O3. The van der Waals surface area contributed by atoms with E-state index < -0.39 is 5.57 Å². The van der Waals surface area contributed by atoms with Crippen LogP contribution in [0.5, 0.6) is 5.75 Å². The van der Waals surface area contributed by atoms with Crippen molar-refractivity contribution < 1.29 is 23.0 Å². The predicted octanol–water partition coefficient (Wildman–Crippen LogP) is 4.20. The van der Waals surface area contributed by atoms with Crippen LogP contribution in [0.15, 0.2) is 36.4 Å². The number of halogens is 3. The van der Waals surface area contributed by atoms with Gasteiger partial charge in [0.1, 0.15) is 18.2 Å². The van der Waals surface area contributed by atoms with Crippen LogP contribution in [-0.2, 0) is 17.9 Å². The fourth-order valence-corrected chi connectivity index (χ4v) is 3.93. The summed E-state index contributed by atoms with van der Waals surface area (Å²) in [5.41, 5.74) is -0.108. The van der Waals surface area contributed by atoms with E-state index in [9.17, 15) is 13.6 Å². The van der Waals surface area contributed by atoms with E-state index in [-0.39, 0.29) is 11.7 Å². The summed E-state index contributed by atoms with van der Waals surface area (Å²) in [6.45, 7) is 3.68. The van der Waals surface area contributed by atoms with Crippen molar-refractivity contribution in [3.05, 3.63) is 47.8 Å². The molecule has 1 saturated heterocycles. The molecule has 1 N–H and O–H groups in total. The van der Waals surface area contributed by atoms with Crippen molar-refractivity contribution in [1.29, 1.82) is 0 Å². The van der Waals surface area contributed by atoms with Gasteiger partial charge in [0.05, 0.1) is 23.3 Å². The van der Waals surface area contributed by atoms with E-state index in [1.165, 1.54) is 24.3 Å². The Morgan fingerprint density at radius 2 is 1.97 bits per heavy atom. The van der Waals surface area contributed by atoms with Crippen LogP contribution < -0.4 is 15.0 Å². The lowest BCUT2D eigenvalue weighted by Crippen LogP contribution is -2.37. The average Bonchev–Trinajstić information content (AvgIpc) is 3.05. The number of rotatable bonds is 5. The SMILES string of the molecule is O=C(Nc1ccc(OC(F)(F)Cl)cc1)c1cc(N2CCC2)c2c(c1)nc1n2CCOC1. The molecule has 0 aliphatic carbocycles. The highest BCUT2D eigenvalue weighted by Crippen LogP contribution is 2.34. The monoisotopic (exact) mass is 448 g/mol. The standard InChI is InChI=1S/C21H19ClF2N4O3/c22-21(23,24)31-15-4-2-14(3-5-15)25-20(29)13-10-16-19(17(11-13)27-6-1-7-27)28-8-9-30-12-18(28)26-16/h2-5,10-11H,1,6-9,12H2,(H,25,29). The topological polar surface area (TPSA) is 68.6 Å². The van der Waals surface area contributed by atoms with Gasteiger partial charge >= 0.3 is 5.57 Å². The van der Waals surface area contributed by atoms with E-state index in [0.29, 0.717) is 24.5 Å². The van der Waals surface area contributed by atoms with E-state index >= 15 is 0 Å². The van der Waals surface area contributed by atoms with Crippen LogP contribution in [0.1, 0.15) is 22.6 Å². The quantitative estimate of drug-likeness (QED) is 0.592. The van der Waals surface area contributed by atoms with Gasteiger partial charge in [0.2, 0.25) is 0 Å². The van der Waals surface area contributed by atoms with Gasteiger partial charge < -0.3 is 24.3 Å². The molecule has 7 nitrogen and oxygen atoms in total. The molecule has 0 atom stereocenters. The first kappa shape index (κ1) is 20.0. The summed E-state index contributed by atoms with van der Waals surface area (Å²) in [7, 11) is 0. The minimum atomic E-state index is -3.79. The Balaban J connectivity index is 1.43. The van der Waals surface area contributed by atoms with Crippen molar-refractivity contribution in [2.75, 3.05) is 29.9 Å². The molecule has 2 aliphatic heterocycles. The summed E-state index contributed by atoms with van der Waals surface area (Å²) < 4.78 is 37.5. The number of carbonyl (C=O) groups is 1. The van der Waals surface area contributed by atoms with E-state index in [1.54, 1.807) is 6.07 Å². The lowest BCUT2D eigenvalue weighted by molar-refractivity contribution is -0.0964. The Labute approximate surface area is 181 Å². The molecule has 0 unspecified atom stereocenters. The number of ether oxygens (including phenoxy) is 2. The number of nitrogens with zero attached hydrogens (tertiary/aromatic N) is 3. The molecule has 3 aromatic rings. The largest absolute Gasteiger partial charge is 0.487 e. The second-order valence-electron chi connectivity index (χ2n) is 7.46. The van der Waals surface area contributed by atoms with Crippen molar-refractivity contribution in [3.63, 3.8) is 0 Å². The van der Waals surface area contributed by atoms with Crippen molar-refractivity contribution >= 4 is 39.9 Å². The maximum atomic E-state index is 12.9. The van der Waals surface area contributed by atoms with Gasteiger partial charge in [-0.1, -0.05) is 0 Å². The number of nitrogens with one attached hydrogen (secondary N) is 1. The van der Waals surface area contributed by atoms with Crippen LogP contribution in [0.2, 0.25) is 0 Å². The molecule has 1 amide bonds. The Morgan fingerprint density at radius 1 is 1.19 bits per heavy atom. The third kappa shape index (κ3) is 4.03. The molecule has 2 aliphatic rings. The first-order chi connectivity index (χ1) is 14.9. The number of alkyl halides is 3. The van der Waals surface area contributed by atoms with Gasteiger partial charge in [-0.15, -0.1) is 8.78 Å². The van der Waals surface area contributed by atoms with Gasteiger partial charge in [-0.05, 0) is 42.8 Å². The lowest BCUT2D eigenvalue weighted by atomic mass is 10.1. The molecule has 10 heteroatoms. The van der Waals surface area contributed by atoms with Crippen LogP contribution in [-0.4, -0.2) is 40.7 Å². The molecule has 0 saturated carbocycles. The van der Waals surface area contributed by atoms with Crippen molar-refractivity contribution in [1.82, 2.24) is 9.55 Å². The summed E-state index contributed by atoms with van der Waals surface area (Å²) in [4.78, 5) is 19.9. The maximum Gasteiger partial charge on any atom is 0.487 e. The summed E-state index contributed by atoms with van der Waals surface area (Å²) >= 11 is 4.77. The number of anilines is 2. The highest BCUT2D eigenvalue weighted by Gasteiger charge is 2.28. The molecule has 0 bridgehead atoms. The van der Waals surface area contributed by atoms with Crippen LogP contribution in [0.4, 0.5) is 20.2 Å². The second kappa shape index (κ2) is 7.65. The number of hydrogen-bond donors (Lipinski definition) is 1. The average molecular weight is 449 g/mol. The summed E-state index contributed by atoms with van der Waals surface area (Å²) in [6, 6.07) is 9.21. The zero-order valence-electron chi connectivity index (χ0n) is 16.4. The molecular weight excluding hydrogens is 430 g/mol. The Morgan fingerprint density at radius 3 is 2.65 bits per heavy atom. The smallest absolute Gasteiger partial charge is 0.420 e. The van der Waals surface area contributed by atoms with Gasteiger partial charge in [0.15, 0.2) is 0 Å². The zero-order chi connectivity index (χ0) is 21.6. The van der Waals surface area contributed by atoms with Gasteiger partial charge in [-0.3, -0.25) is 4.79 Å². The van der Waals surface area contributed by atoms with Gasteiger partial charge in [-0.25, -0.2) is 4.98 Å². The lowest BCUT2D eigenvalue weighted by Gasteiger charge is -2.34. The fourth-order valence-electron chi connectivity index (χ4n) is 3.84. The molecule has 5 rings (SSSR count). The maximum absolute atomic E-state index is 12.9. The van der Waals surface area contributed by atoms with E-state index in [2.05, 4.69) is 24.5 Å². The van der Waals surface area contributed by atoms with Crippen LogP contribution >= 0.6 is 11.6 Å². The molecule has 31 heavy (non-hydrogen) atoms. The van der Waals surface area contributed by atoms with E-state index in [0.717, 1.165) is 48.6 Å². The molecule has 162 valence electrons. The summed E-state index contributed by atoms with van der Waals surface area (Å²) in [5.74, 6) is 0.430. The normalized spacial score (nSPS) is 16.0. The highest BCUT2D eigenvalue weighted by molar-refractivity contribution is 6.20. The minimum Gasteiger partial charge on any atom is -0.420 e. The van der Waals surface area contributed by atoms with E-state index in [1.807, 2.05) is 6.07 Å². The number of benzene rings is 2. The predicted molar refractivity (Wildman–Crippen MR) is 112 cm³/mol. The first-order valence-corrected chi connectivity index (χ1v) is 10.3. The molecule has 3 heterocycles. The van der Waals surface area contributed by atoms with E-state index in [4.69, 9.17) is 16.3 Å². The Kier molecular flexibility index (Phi) is 4.94. The Hall–Kier alpha value is -2.91. The van der Waals surface area contributed by atoms with Crippen LogP contribution in [0, 0.1) is 0 Å². The zero-order valence-corrected chi connectivity index (χ0v) is 17.2. The molecule has 0 radical (unpaired) electrons. The number of fused-ring (bicyclic) bond motifs is 3. The fraction of sp³-hybridized carbons (Fsp3) is 0.333. The third-order valence-electron chi connectivity index (χ3n) is 5.40. The number of imidazole rings is 1. The van der Waals surface area contributed by atoms with Crippen molar-refractivity contribution in [2.24, 2.45) is 0 Å². The van der Waals surface area contributed by atoms with Gasteiger partial charge in [-0.2, -0.15) is 0 Å². The highest BCUT2D eigenvalue weighted by atomic mass is 35.5. The minimum absolute atomic E-state index is 0.106. The summed E-state index contributed by atoms with van der Waals surface area (Å²) in [5, 5.41) is 2.78. The molecule has 2 aromatic carbocycles. The van der Waals surface area contributed by atoms with Crippen LogP contribution in [0.25, 0.3) is 11.0 Å². The van der Waals surface area contributed by atoms with Crippen molar-refractivity contribution in [3.8, 4) is 5.75 Å². The third-order valence-corrected chi connectivity index (χ3v) is 5.47.